The van der Waals surface area contributed by atoms with Crippen LogP contribution in [0.2, 0.25) is 0 Å². The van der Waals surface area contributed by atoms with Gasteiger partial charge < -0.3 is 14.8 Å². The fourth-order valence-electron chi connectivity index (χ4n) is 2.82. The van der Waals surface area contributed by atoms with E-state index in [4.69, 9.17) is 4.84 Å². The Hall–Kier alpha value is -2.25. The van der Waals surface area contributed by atoms with E-state index in [1.165, 1.54) is 18.4 Å². The summed E-state index contributed by atoms with van der Waals surface area (Å²) in [4.78, 5) is 24.2. The van der Waals surface area contributed by atoms with E-state index < -0.39 is 0 Å². The van der Waals surface area contributed by atoms with Crippen LogP contribution in [0.3, 0.4) is 0 Å². The van der Waals surface area contributed by atoms with Gasteiger partial charge in [0.1, 0.15) is 17.0 Å². The van der Waals surface area contributed by atoms with Gasteiger partial charge in [-0.2, -0.15) is 0 Å². The summed E-state index contributed by atoms with van der Waals surface area (Å²) in [6.45, 7) is 2.29. The number of aliphatic hydroxyl groups is 1. The lowest BCUT2D eigenvalue weighted by Crippen LogP contribution is -2.37. The highest BCUT2D eigenvalue weighted by molar-refractivity contribution is 7.16. The van der Waals surface area contributed by atoms with Crippen molar-refractivity contribution in [3.8, 4) is 10.6 Å². The average molecular weight is 345 g/mol. The molecule has 0 bridgehead atoms. The summed E-state index contributed by atoms with van der Waals surface area (Å²) < 4.78 is 0. The maximum atomic E-state index is 12.8. The average Bonchev–Trinajstić information content (AvgIpc) is 3.22. The second-order valence-electron chi connectivity index (χ2n) is 5.66. The lowest BCUT2D eigenvalue weighted by atomic mass is 10.1. The maximum Gasteiger partial charge on any atom is 0.266 e. The number of aryl methyl sites for hydroxylation is 1. The van der Waals surface area contributed by atoms with Crippen LogP contribution in [0.4, 0.5) is 0 Å². The number of aromatic nitrogens is 1. The number of aliphatic hydroxyl groups excluding tert-OH is 1. The van der Waals surface area contributed by atoms with Gasteiger partial charge >= 0.3 is 0 Å². The molecule has 0 spiro atoms. The van der Waals surface area contributed by atoms with Gasteiger partial charge in [0, 0.05) is 12.0 Å². The fourth-order valence-corrected chi connectivity index (χ4v) is 3.78. The number of oxime groups is 1. The summed E-state index contributed by atoms with van der Waals surface area (Å²) in [5.41, 5.74) is 2.91. The van der Waals surface area contributed by atoms with Gasteiger partial charge in [-0.3, -0.25) is 4.79 Å². The Morgan fingerprint density at radius 1 is 1.50 bits per heavy atom. The van der Waals surface area contributed by atoms with Crippen LogP contribution in [0.25, 0.3) is 10.6 Å². The number of thiazole rings is 1. The lowest BCUT2D eigenvalue weighted by molar-refractivity contribution is 0.0684. The van der Waals surface area contributed by atoms with Crippen LogP contribution in [0.1, 0.15) is 21.7 Å². The molecule has 126 valence electrons. The topological polar surface area (TPSA) is 75.0 Å². The highest BCUT2D eigenvalue weighted by Crippen LogP contribution is 2.29. The summed E-state index contributed by atoms with van der Waals surface area (Å²) in [5.74, 6) is -0.132. The molecule has 1 aliphatic rings. The number of amides is 1. The van der Waals surface area contributed by atoms with Crippen LogP contribution >= 0.6 is 11.3 Å². The lowest BCUT2D eigenvalue weighted by Gasteiger charge is -2.21. The van der Waals surface area contributed by atoms with Crippen molar-refractivity contribution in [3.63, 3.8) is 0 Å². The predicted octanol–water partition coefficient (Wildman–Crippen LogP) is 2.33. The van der Waals surface area contributed by atoms with Crippen molar-refractivity contribution in [2.24, 2.45) is 5.16 Å². The van der Waals surface area contributed by atoms with Crippen LogP contribution in [-0.4, -0.2) is 52.9 Å². The smallest absolute Gasteiger partial charge is 0.266 e. The molecule has 3 rings (SSSR count). The van der Waals surface area contributed by atoms with E-state index in [0.29, 0.717) is 17.8 Å². The maximum absolute atomic E-state index is 12.8. The summed E-state index contributed by atoms with van der Waals surface area (Å²) >= 11 is 1.37. The van der Waals surface area contributed by atoms with Crippen molar-refractivity contribution in [2.75, 3.05) is 20.3 Å². The van der Waals surface area contributed by atoms with Crippen molar-refractivity contribution in [1.29, 1.82) is 0 Å². The molecule has 1 aromatic heterocycles. The highest BCUT2D eigenvalue weighted by Gasteiger charge is 2.34. The summed E-state index contributed by atoms with van der Waals surface area (Å²) in [7, 11) is 1.48. The zero-order valence-electron chi connectivity index (χ0n) is 13.6. The molecule has 0 radical (unpaired) electrons. The third kappa shape index (κ3) is 3.18. The van der Waals surface area contributed by atoms with Gasteiger partial charge in [0.15, 0.2) is 0 Å². The normalized spacial score (nSPS) is 19.0. The Bertz CT molecular complexity index is 772. The van der Waals surface area contributed by atoms with Gasteiger partial charge in [0.25, 0.3) is 5.91 Å². The third-order valence-electron chi connectivity index (χ3n) is 4.05. The first kappa shape index (κ1) is 16.6. The Morgan fingerprint density at radius 2 is 2.29 bits per heavy atom. The van der Waals surface area contributed by atoms with E-state index in [-0.39, 0.29) is 18.6 Å². The molecule has 1 N–H and O–H groups in total. The van der Waals surface area contributed by atoms with Gasteiger partial charge in [0.2, 0.25) is 0 Å². The Balaban J connectivity index is 1.84. The Labute approximate surface area is 144 Å². The molecular weight excluding hydrogens is 326 g/mol. The van der Waals surface area contributed by atoms with Gasteiger partial charge in [0.05, 0.1) is 31.1 Å². The standard InChI is InChI=1S/C17H19N3O3S/c1-11-5-3-4-6-14(11)16-18-8-15(24-16)17(22)20-9-12(19-23-2)7-13(20)10-21/h3-6,8,13,21H,7,9-10H2,1-2H3/b19-12-. The first-order chi connectivity index (χ1) is 11.6. The van der Waals surface area contributed by atoms with E-state index in [1.54, 1.807) is 11.1 Å². The molecule has 2 aromatic rings. The first-order valence-corrected chi connectivity index (χ1v) is 8.48. The minimum atomic E-state index is -0.268. The number of hydrogen-bond donors (Lipinski definition) is 1. The zero-order valence-corrected chi connectivity index (χ0v) is 14.4. The molecule has 24 heavy (non-hydrogen) atoms. The largest absolute Gasteiger partial charge is 0.399 e. The SMILES string of the molecule is CO/N=C1/CC(CO)N(C(=O)c2cnc(-c3ccccc3C)s2)C1. The molecule has 2 heterocycles. The van der Waals surface area contributed by atoms with Crippen LogP contribution in [0.5, 0.6) is 0 Å². The van der Waals surface area contributed by atoms with Crippen molar-refractivity contribution < 1.29 is 14.7 Å². The second kappa shape index (κ2) is 7.11. The summed E-state index contributed by atoms with van der Waals surface area (Å²) in [5, 5.41) is 14.3. The molecule has 6 nitrogen and oxygen atoms in total. The number of likely N-dealkylation sites (tertiary alicyclic amines) is 1. The predicted molar refractivity (Wildman–Crippen MR) is 93.3 cm³/mol. The molecule has 1 atom stereocenters. The second-order valence-corrected chi connectivity index (χ2v) is 6.69. The van der Waals surface area contributed by atoms with Gasteiger partial charge in [-0.05, 0) is 12.5 Å². The van der Waals surface area contributed by atoms with Crippen molar-refractivity contribution >= 4 is 23.0 Å². The van der Waals surface area contributed by atoms with E-state index in [0.717, 1.165) is 21.8 Å². The first-order valence-electron chi connectivity index (χ1n) is 7.66. The summed E-state index contributed by atoms with van der Waals surface area (Å²) in [6.07, 6.45) is 2.13. The molecule has 0 aliphatic carbocycles. The molecule has 0 saturated carbocycles. The van der Waals surface area contributed by atoms with Crippen LogP contribution in [0, 0.1) is 6.92 Å². The molecular formula is C17H19N3O3S. The molecule has 1 aromatic carbocycles. The van der Waals surface area contributed by atoms with Crippen LogP contribution in [-0.2, 0) is 4.84 Å². The minimum Gasteiger partial charge on any atom is -0.399 e. The number of nitrogens with zero attached hydrogens (tertiary/aromatic N) is 3. The number of carbonyl (C=O) groups is 1. The van der Waals surface area contributed by atoms with Crippen LogP contribution in [0.15, 0.2) is 35.6 Å². The van der Waals surface area contributed by atoms with Gasteiger partial charge in [-0.25, -0.2) is 4.98 Å². The number of hydrogen-bond acceptors (Lipinski definition) is 6. The Kier molecular flexibility index (Phi) is 4.92. The van der Waals surface area contributed by atoms with Crippen LogP contribution < -0.4 is 0 Å². The van der Waals surface area contributed by atoms with Gasteiger partial charge in [-0.1, -0.05) is 29.4 Å². The highest BCUT2D eigenvalue weighted by atomic mass is 32.1. The minimum absolute atomic E-state index is 0.0993. The van der Waals surface area contributed by atoms with E-state index in [1.807, 2.05) is 31.2 Å². The number of benzene rings is 1. The van der Waals surface area contributed by atoms with Crippen molar-refractivity contribution in [1.82, 2.24) is 9.88 Å². The molecule has 1 fully saturated rings. The Morgan fingerprint density at radius 3 is 3.00 bits per heavy atom. The van der Waals surface area contributed by atoms with E-state index >= 15 is 0 Å². The molecule has 7 heteroatoms. The fraction of sp³-hybridized carbons (Fsp3) is 0.353. The van der Waals surface area contributed by atoms with E-state index in [2.05, 4.69) is 10.1 Å². The third-order valence-corrected chi connectivity index (χ3v) is 5.07. The van der Waals surface area contributed by atoms with E-state index in [9.17, 15) is 9.90 Å². The molecule has 1 saturated heterocycles. The van der Waals surface area contributed by atoms with Crippen molar-refractivity contribution in [2.45, 2.75) is 19.4 Å². The number of carbonyl (C=O) groups excluding carboxylic acids is 1. The summed E-state index contributed by atoms with van der Waals surface area (Å²) in [6, 6.07) is 7.69. The number of rotatable bonds is 4. The van der Waals surface area contributed by atoms with Gasteiger partial charge in [-0.15, -0.1) is 11.3 Å². The molecule has 1 unspecified atom stereocenters. The molecule has 1 amide bonds. The quantitative estimate of drug-likeness (QED) is 0.863. The van der Waals surface area contributed by atoms with Crippen molar-refractivity contribution in [3.05, 3.63) is 40.9 Å². The monoisotopic (exact) mass is 345 g/mol. The zero-order chi connectivity index (χ0) is 17.1. The molecule has 1 aliphatic heterocycles.